The summed E-state index contributed by atoms with van der Waals surface area (Å²) in [5.74, 6) is 1.33. The van der Waals surface area contributed by atoms with Crippen molar-refractivity contribution in [2.24, 2.45) is 0 Å². The van der Waals surface area contributed by atoms with Gasteiger partial charge in [-0.15, -0.1) is 0 Å². The van der Waals surface area contributed by atoms with Crippen LogP contribution in [0.4, 0.5) is 5.82 Å². The van der Waals surface area contributed by atoms with Crippen LogP contribution in [0.5, 0.6) is 5.75 Å². The molecule has 3 aromatic rings. The van der Waals surface area contributed by atoms with Gasteiger partial charge in [-0.1, -0.05) is 12.1 Å². The van der Waals surface area contributed by atoms with E-state index in [1.807, 2.05) is 24.3 Å². The molecule has 0 saturated heterocycles. The minimum Gasteiger partial charge on any atom is -0.497 e. The molecule has 25 heavy (non-hydrogen) atoms. The molecule has 2 aromatic heterocycles. The largest absolute Gasteiger partial charge is 0.497 e. The van der Waals surface area contributed by atoms with Crippen molar-refractivity contribution in [3.8, 4) is 16.9 Å². The van der Waals surface area contributed by atoms with Gasteiger partial charge in [0.15, 0.2) is 0 Å². The molecule has 0 bridgehead atoms. The van der Waals surface area contributed by atoms with Gasteiger partial charge in [0.1, 0.15) is 17.4 Å². The first kappa shape index (κ1) is 16.4. The monoisotopic (exact) mass is 335 g/mol. The van der Waals surface area contributed by atoms with Crippen LogP contribution >= 0.6 is 0 Å². The lowest BCUT2D eigenvalue weighted by molar-refractivity contribution is 0.0949. The first-order valence-corrected chi connectivity index (χ1v) is 7.61. The predicted molar refractivity (Wildman–Crippen MR) is 93.8 cm³/mol. The number of anilines is 1. The third-order valence-electron chi connectivity index (χ3n) is 3.56. The SMILES string of the molecule is COc1ccc(-c2cncc(C(=O)NCc3nccc(N)n3)c2)cc1. The Bertz CT molecular complexity index is 881. The molecule has 7 nitrogen and oxygen atoms in total. The van der Waals surface area contributed by atoms with Gasteiger partial charge in [-0.05, 0) is 29.8 Å². The fourth-order valence-corrected chi connectivity index (χ4v) is 2.27. The maximum Gasteiger partial charge on any atom is 0.253 e. The summed E-state index contributed by atoms with van der Waals surface area (Å²) in [7, 11) is 1.62. The van der Waals surface area contributed by atoms with Crippen LogP contribution in [0.1, 0.15) is 16.2 Å². The van der Waals surface area contributed by atoms with E-state index in [0.29, 0.717) is 17.2 Å². The Morgan fingerprint density at radius 1 is 1.16 bits per heavy atom. The number of nitrogens with one attached hydrogen (secondary N) is 1. The molecule has 1 amide bonds. The zero-order valence-corrected chi connectivity index (χ0v) is 13.6. The van der Waals surface area contributed by atoms with Crippen molar-refractivity contribution in [3.05, 3.63) is 66.4 Å². The Morgan fingerprint density at radius 2 is 1.96 bits per heavy atom. The van der Waals surface area contributed by atoms with Crippen LogP contribution in [0.3, 0.4) is 0 Å². The molecule has 0 unspecified atom stereocenters. The quantitative estimate of drug-likeness (QED) is 0.740. The second-order valence-corrected chi connectivity index (χ2v) is 5.27. The molecule has 0 radical (unpaired) electrons. The number of hydrogen-bond donors (Lipinski definition) is 2. The van der Waals surface area contributed by atoms with E-state index < -0.39 is 0 Å². The third-order valence-corrected chi connectivity index (χ3v) is 3.56. The molecule has 0 fully saturated rings. The number of hydrogen-bond acceptors (Lipinski definition) is 6. The number of nitrogen functional groups attached to an aromatic ring is 1. The average molecular weight is 335 g/mol. The Hall–Kier alpha value is -3.48. The molecule has 0 aliphatic carbocycles. The van der Waals surface area contributed by atoms with Crippen LogP contribution in [0.2, 0.25) is 0 Å². The number of amides is 1. The van der Waals surface area contributed by atoms with Gasteiger partial charge in [-0.2, -0.15) is 0 Å². The highest BCUT2D eigenvalue weighted by Gasteiger charge is 2.09. The highest BCUT2D eigenvalue weighted by atomic mass is 16.5. The highest BCUT2D eigenvalue weighted by molar-refractivity contribution is 5.95. The van der Waals surface area contributed by atoms with Gasteiger partial charge in [-0.25, -0.2) is 9.97 Å². The van der Waals surface area contributed by atoms with E-state index >= 15 is 0 Å². The lowest BCUT2D eigenvalue weighted by Crippen LogP contribution is -2.24. The number of ether oxygens (including phenoxy) is 1. The number of aromatic nitrogens is 3. The molecule has 3 N–H and O–H groups in total. The number of carbonyl (C=O) groups excluding carboxylic acids is 1. The zero-order chi connectivity index (χ0) is 17.6. The minimum atomic E-state index is -0.256. The highest BCUT2D eigenvalue weighted by Crippen LogP contribution is 2.22. The van der Waals surface area contributed by atoms with Gasteiger partial charge < -0.3 is 15.8 Å². The lowest BCUT2D eigenvalue weighted by atomic mass is 10.1. The van der Waals surface area contributed by atoms with Crippen LogP contribution < -0.4 is 15.8 Å². The standard InChI is InChI=1S/C18H17N5O2/c1-25-15-4-2-12(3-5-15)13-8-14(10-20-9-13)18(24)22-11-17-21-7-6-16(19)23-17/h2-10H,11H2,1H3,(H,22,24)(H2,19,21,23). The number of benzene rings is 1. The number of methoxy groups -OCH3 is 1. The average Bonchev–Trinajstić information content (AvgIpc) is 2.66. The van der Waals surface area contributed by atoms with E-state index in [1.165, 1.54) is 6.20 Å². The second-order valence-electron chi connectivity index (χ2n) is 5.27. The normalized spacial score (nSPS) is 10.3. The van der Waals surface area contributed by atoms with E-state index in [-0.39, 0.29) is 12.5 Å². The number of nitrogens with zero attached hydrogens (tertiary/aromatic N) is 3. The summed E-state index contributed by atoms with van der Waals surface area (Å²) in [5.41, 5.74) is 7.84. The zero-order valence-electron chi connectivity index (χ0n) is 13.6. The smallest absolute Gasteiger partial charge is 0.253 e. The number of nitrogens with two attached hydrogens (primary N) is 1. The molecule has 0 atom stereocenters. The van der Waals surface area contributed by atoms with Crippen LogP contribution in [0, 0.1) is 0 Å². The summed E-state index contributed by atoms with van der Waals surface area (Å²) in [6, 6.07) is 10.9. The fourth-order valence-electron chi connectivity index (χ4n) is 2.27. The maximum atomic E-state index is 12.3. The van der Waals surface area contributed by atoms with Crippen LogP contribution in [-0.4, -0.2) is 28.0 Å². The Kier molecular flexibility index (Phi) is 4.84. The Labute approximate surface area is 144 Å². The Balaban J connectivity index is 1.72. The lowest BCUT2D eigenvalue weighted by Gasteiger charge is -2.07. The van der Waals surface area contributed by atoms with Crippen LogP contribution in [0.25, 0.3) is 11.1 Å². The molecule has 0 aliphatic rings. The maximum absolute atomic E-state index is 12.3. The number of pyridine rings is 1. The third kappa shape index (κ3) is 4.08. The molecule has 0 spiro atoms. The van der Waals surface area contributed by atoms with E-state index in [1.54, 1.807) is 31.6 Å². The molecule has 3 rings (SSSR count). The van der Waals surface area contributed by atoms with Gasteiger partial charge in [0.2, 0.25) is 0 Å². The molecule has 7 heteroatoms. The molecular weight excluding hydrogens is 318 g/mol. The fraction of sp³-hybridized carbons (Fsp3) is 0.111. The number of carbonyl (C=O) groups is 1. The second kappa shape index (κ2) is 7.39. The predicted octanol–water partition coefficient (Wildman–Crippen LogP) is 2.06. The van der Waals surface area contributed by atoms with Crippen LogP contribution in [0.15, 0.2) is 55.0 Å². The summed E-state index contributed by atoms with van der Waals surface area (Å²) < 4.78 is 5.15. The molecule has 1 aromatic carbocycles. The Morgan fingerprint density at radius 3 is 2.68 bits per heavy atom. The van der Waals surface area contributed by atoms with Gasteiger partial charge in [-0.3, -0.25) is 9.78 Å². The minimum absolute atomic E-state index is 0.191. The van der Waals surface area contributed by atoms with E-state index in [4.69, 9.17) is 10.5 Å². The van der Waals surface area contributed by atoms with Crippen molar-refractivity contribution in [2.45, 2.75) is 6.54 Å². The van der Waals surface area contributed by atoms with Crippen molar-refractivity contribution < 1.29 is 9.53 Å². The summed E-state index contributed by atoms with van der Waals surface area (Å²) in [4.78, 5) is 24.6. The topological polar surface area (TPSA) is 103 Å². The van der Waals surface area contributed by atoms with Crippen molar-refractivity contribution in [2.75, 3.05) is 12.8 Å². The van der Waals surface area contributed by atoms with Gasteiger partial charge in [0.05, 0.1) is 19.2 Å². The van der Waals surface area contributed by atoms with Crippen molar-refractivity contribution >= 4 is 11.7 Å². The van der Waals surface area contributed by atoms with Gasteiger partial charge in [0.25, 0.3) is 5.91 Å². The number of rotatable bonds is 5. The summed E-state index contributed by atoms with van der Waals surface area (Å²) in [6.45, 7) is 0.191. The van der Waals surface area contributed by atoms with Gasteiger partial charge in [0, 0.05) is 24.2 Å². The molecular formula is C18H17N5O2. The molecule has 126 valence electrons. The van der Waals surface area contributed by atoms with Crippen molar-refractivity contribution in [3.63, 3.8) is 0 Å². The molecule has 0 saturated carbocycles. The van der Waals surface area contributed by atoms with Gasteiger partial charge >= 0.3 is 0 Å². The summed E-state index contributed by atoms with van der Waals surface area (Å²) >= 11 is 0. The van der Waals surface area contributed by atoms with Crippen LogP contribution in [-0.2, 0) is 6.54 Å². The summed E-state index contributed by atoms with van der Waals surface area (Å²) in [6.07, 6.45) is 4.78. The first-order valence-electron chi connectivity index (χ1n) is 7.61. The van der Waals surface area contributed by atoms with E-state index in [0.717, 1.165) is 16.9 Å². The van der Waals surface area contributed by atoms with E-state index in [2.05, 4.69) is 20.3 Å². The molecule has 2 heterocycles. The van der Waals surface area contributed by atoms with Crippen molar-refractivity contribution in [1.82, 2.24) is 20.3 Å². The van der Waals surface area contributed by atoms with E-state index in [9.17, 15) is 4.79 Å². The van der Waals surface area contributed by atoms with Crippen molar-refractivity contribution in [1.29, 1.82) is 0 Å². The first-order chi connectivity index (χ1) is 12.2. The summed E-state index contributed by atoms with van der Waals surface area (Å²) in [5, 5.41) is 2.76. The molecule has 0 aliphatic heterocycles.